The van der Waals surface area contributed by atoms with Crippen molar-refractivity contribution in [1.29, 1.82) is 0 Å². The van der Waals surface area contributed by atoms with Gasteiger partial charge in [0.05, 0.1) is 4.92 Å². The molecular weight excluding hydrogens is 164 g/mol. The zero-order valence-electron chi connectivity index (χ0n) is 5.54. The lowest BCUT2D eigenvalue weighted by molar-refractivity contribution is -0.646. The van der Waals surface area contributed by atoms with E-state index in [1.54, 1.807) is 0 Å². The Kier molecular flexibility index (Phi) is 2.85. The van der Waals surface area contributed by atoms with E-state index in [1.807, 2.05) is 0 Å². The highest BCUT2D eigenvalue weighted by molar-refractivity contribution is 5.65. The maximum Gasteiger partial charge on any atom is 0.545 e. The first-order chi connectivity index (χ1) is 4.86. The van der Waals surface area contributed by atoms with Crippen LogP contribution in [0.1, 0.15) is 6.92 Å². The number of nitro groups is 1. The van der Waals surface area contributed by atoms with Gasteiger partial charge in [-0.2, -0.15) is 0 Å². The van der Waals surface area contributed by atoms with Gasteiger partial charge in [-0.15, -0.1) is 8.78 Å². The molecule has 0 heterocycles. The lowest BCUT2D eigenvalue weighted by atomic mass is 10.6. The quantitative estimate of drug-likeness (QED) is 0.265. The van der Waals surface area contributed by atoms with Gasteiger partial charge < -0.3 is 4.74 Å². The van der Waals surface area contributed by atoms with Gasteiger partial charge in [-0.3, -0.25) is 14.9 Å². The van der Waals surface area contributed by atoms with Crippen LogP contribution in [0.15, 0.2) is 0 Å². The monoisotopic (exact) mass is 169 g/mol. The second-order valence-corrected chi connectivity index (χ2v) is 1.70. The molecule has 0 aromatic carbocycles. The number of carbonyl (C=O) groups excluding carboxylic acids is 1. The van der Waals surface area contributed by atoms with Gasteiger partial charge in [-0.1, -0.05) is 0 Å². The Bertz CT molecular complexity index is 181. The minimum Gasteiger partial charge on any atom is -0.451 e. The molecule has 64 valence electrons. The SMILES string of the molecule is CC(=O)OCC(F)(F)[N+](=O)[O-]. The highest BCUT2D eigenvalue weighted by Gasteiger charge is 2.45. The molecule has 0 bridgehead atoms. The summed E-state index contributed by atoms with van der Waals surface area (Å²) in [6.45, 7) is -0.634. The molecule has 0 aromatic rings. The molecule has 0 aliphatic heterocycles. The Hall–Kier alpha value is -1.27. The average Bonchev–Trinajstić information content (AvgIpc) is 1.84. The van der Waals surface area contributed by atoms with Crippen LogP contribution in [0.3, 0.4) is 0 Å². The predicted octanol–water partition coefficient (Wildman–Crippen LogP) is 0.419. The molecule has 0 aromatic heterocycles. The van der Waals surface area contributed by atoms with Crippen LogP contribution in [0.5, 0.6) is 0 Å². The van der Waals surface area contributed by atoms with E-state index in [1.165, 1.54) is 0 Å². The van der Waals surface area contributed by atoms with E-state index in [0.29, 0.717) is 0 Å². The van der Waals surface area contributed by atoms with E-state index < -0.39 is 23.5 Å². The first-order valence-electron chi connectivity index (χ1n) is 2.52. The minimum absolute atomic E-state index is 0.885. The first kappa shape index (κ1) is 9.73. The summed E-state index contributed by atoms with van der Waals surface area (Å²) in [6, 6.07) is -4.19. The second kappa shape index (κ2) is 3.22. The summed E-state index contributed by atoms with van der Waals surface area (Å²) in [5.41, 5.74) is 0. The predicted molar refractivity (Wildman–Crippen MR) is 28.6 cm³/mol. The fraction of sp³-hybridized carbons (Fsp3) is 0.750. The van der Waals surface area contributed by atoms with Crippen LogP contribution < -0.4 is 0 Å². The van der Waals surface area contributed by atoms with Crippen LogP contribution in [0.25, 0.3) is 0 Å². The number of halogens is 2. The standard InChI is InChI=1S/C4H5F2NO4/c1-3(8)11-2-4(5,6)7(9)10/h2H2,1H3. The number of hydrogen-bond acceptors (Lipinski definition) is 4. The van der Waals surface area contributed by atoms with Gasteiger partial charge in [0.2, 0.25) is 6.61 Å². The molecule has 7 heteroatoms. The summed E-state index contributed by atoms with van der Waals surface area (Å²) >= 11 is 0. The highest BCUT2D eigenvalue weighted by Crippen LogP contribution is 2.13. The molecule has 0 unspecified atom stereocenters. The van der Waals surface area contributed by atoms with Crippen molar-refractivity contribution < 1.29 is 23.2 Å². The van der Waals surface area contributed by atoms with Gasteiger partial charge in [0, 0.05) is 6.92 Å². The van der Waals surface area contributed by atoms with Gasteiger partial charge in [0.15, 0.2) is 0 Å². The molecular formula is C4H5F2NO4. The zero-order chi connectivity index (χ0) is 9.07. The van der Waals surface area contributed by atoms with Crippen LogP contribution in [0, 0.1) is 10.1 Å². The molecule has 0 spiro atoms. The van der Waals surface area contributed by atoms with Gasteiger partial charge in [-0.05, 0) is 0 Å². The molecule has 0 aliphatic carbocycles. The highest BCUT2D eigenvalue weighted by atomic mass is 19.3. The Balaban J connectivity index is 3.92. The Morgan fingerprint density at radius 1 is 1.73 bits per heavy atom. The van der Waals surface area contributed by atoms with Crippen LogP contribution in [-0.4, -0.2) is 23.5 Å². The van der Waals surface area contributed by atoms with Gasteiger partial charge >= 0.3 is 12.0 Å². The van der Waals surface area contributed by atoms with Gasteiger partial charge in [-0.25, -0.2) is 0 Å². The number of nitrogens with zero attached hydrogens (tertiary/aromatic N) is 1. The minimum atomic E-state index is -4.19. The Morgan fingerprint density at radius 3 is 2.45 bits per heavy atom. The Labute approximate surface area is 60.1 Å². The topological polar surface area (TPSA) is 69.4 Å². The third-order valence-electron chi connectivity index (χ3n) is 0.716. The van der Waals surface area contributed by atoms with E-state index in [2.05, 4.69) is 4.74 Å². The molecule has 0 rings (SSSR count). The van der Waals surface area contributed by atoms with E-state index in [-0.39, 0.29) is 0 Å². The van der Waals surface area contributed by atoms with Gasteiger partial charge in [0.25, 0.3) is 0 Å². The van der Waals surface area contributed by atoms with Gasteiger partial charge in [0.1, 0.15) is 0 Å². The number of alkyl halides is 2. The summed E-state index contributed by atoms with van der Waals surface area (Å²) in [6.07, 6.45) is 0. The lowest BCUT2D eigenvalue weighted by Gasteiger charge is -2.05. The molecule has 0 saturated heterocycles. The van der Waals surface area contributed by atoms with Crippen molar-refractivity contribution in [2.75, 3.05) is 6.61 Å². The maximum absolute atomic E-state index is 11.9. The number of esters is 1. The summed E-state index contributed by atoms with van der Waals surface area (Å²) in [7, 11) is 0. The van der Waals surface area contributed by atoms with Crippen molar-refractivity contribution in [2.24, 2.45) is 0 Å². The van der Waals surface area contributed by atoms with Crippen LogP contribution in [0.4, 0.5) is 8.78 Å². The number of hydrogen-bond donors (Lipinski definition) is 0. The summed E-state index contributed by atoms with van der Waals surface area (Å²) < 4.78 is 27.6. The van der Waals surface area contributed by atoms with Crippen LogP contribution in [0.2, 0.25) is 0 Å². The summed E-state index contributed by atoms with van der Waals surface area (Å²) in [4.78, 5) is 17.6. The second-order valence-electron chi connectivity index (χ2n) is 1.70. The molecule has 0 atom stereocenters. The molecule has 0 aliphatic rings. The van der Waals surface area contributed by atoms with E-state index in [9.17, 15) is 23.7 Å². The molecule has 5 nitrogen and oxygen atoms in total. The normalized spacial score (nSPS) is 10.8. The first-order valence-corrected chi connectivity index (χ1v) is 2.52. The molecule has 0 fully saturated rings. The van der Waals surface area contributed by atoms with Crippen molar-refractivity contribution in [3.05, 3.63) is 10.1 Å². The maximum atomic E-state index is 11.9. The van der Waals surface area contributed by atoms with Crippen molar-refractivity contribution in [1.82, 2.24) is 0 Å². The lowest BCUT2D eigenvalue weighted by Crippen LogP contribution is -2.33. The summed E-state index contributed by atoms with van der Waals surface area (Å²) in [5, 5.41) is 9.50. The van der Waals surface area contributed by atoms with Crippen molar-refractivity contribution >= 4 is 5.97 Å². The Morgan fingerprint density at radius 2 is 2.18 bits per heavy atom. The van der Waals surface area contributed by atoms with Crippen molar-refractivity contribution in [3.8, 4) is 0 Å². The fourth-order valence-electron chi connectivity index (χ4n) is 0.241. The third kappa shape index (κ3) is 3.43. The molecule has 11 heavy (non-hydrogen) atoms. The molecule has 0 N–H and O–H groups in total. The number of ether oxygens (including phenoxy) is 1. The summed E-state index contributed by atoms with van der Waals surface area (Å²) in [5.74, 6) is -0.980. The van der Waals surface area contributed by atoms with E-state index in [0.717, 1.165) is 6.92 Å². The number of carbonyl (C=O) groups is 1. The fourth-order valence-corrected chi connectivity index (χ4v) is 0.241. The van der Waals surface area contributed by atoms with Crippen molar-refractivity contribution in [3.63, 3.8) is 0 Å². The van der Waals surface area contributed by atoms with Crippen molar-refractivity contribution in [2.45, 2.75) is 13.0 Å². The third-order valence-corrected chi connectivity index (χ3v) is 0.716. The largest absolute Gasteiger partial charge is 0.545 e. The number of rotatable bonds is 3. The zero-order valence-corrected chi connectivity index (χ0v) is 5.54. The molecule has 0 saturated carbocycles. The molecule has 0 radical (unpaired) electrons. The average molecular weight is 169 g/mol. The molecule has 0 amide bonds. The van der Waals surface area contributed by atoms with E-state index >= 15 is 0 Å². The van der Waals surface area contributed by atoms with E-state index in [4.69, 9.17) is 0 Å². The smallest absolute Gasteiger partial charge is 0.451 e. The van der Waals surface area contributed by atoms with Crippen LogP contribution >= 0.6 is 0 Å². The van der Waals surface area contributed by atoms with Crippen LogP contribution in [-0.2, 0) is 9.53 Å².